The maximum Gasteiger partial charge on any atom is 0.0547 e. The van der Waals surface area contributed by atoms with E-state index in [9.17, 15) is 0 Å². The van der Waals surface area contributed by atoms with Gasteiger partial charge in [-0.25, -0.2) is 0 Å². The summed E-state index contributed by atoms with van der Waals surface area (Å²) < 4.78 is 2.36. The third kappa shape index (κ3) is 5.67. The van der Waals surface area contributed by atoms with Crippen LogP contribution in [0.3, 0.4) is 0 Å². The number of para-hydroxylation sites is 2. The molecule has 58 heavy (non-hydrogen) atoms. The van der Waals surface area contributed by atoms with E-state index in [1.54, 1.807) is 0 Å². The molecule has 0 saturated heterocycles. The second kappa shape index (κ2) is 13.8. The molecule has 0 unspecified atom stereocenters. The van der Waals surface area contributed by atoms with Gasteiger partial charge in [-0.3, -0.25) is 0 Å². The van der Waals surface area contributed by atoms with Crippen molar-refractivity contribution in [2.45, 2.75) is 6.92 Å². The fourth-order valence-corrected chi connectivity index (χ4v) is 8.89. The summed E-state index contributed by atoms with van der Waals surface area (Å²) in [6, 6.07) is 66.0. The van der Waals surface area contributed by atoms with Crippen LogP contribution in [-0.2, 0) is 0 Å². The SMILES string of the molecule is C1=CC=Cc2c(c3cc(-c4ccc5c(c4)c4ccccc4c4ccc(-c6ccc7[nH]c8ccccc8c7c6)cc45)ccc3n2-c2ccccc2)C=1.Cc1ccccc1. The first-order valence-corrected chi connectivity index (χ1v) is 19.9. The van der Waals surface area contributed by atoms with Crippen LogP contribution in [-0.4, -0.2) is 9.55 Å². The number of fused-ring (bicyclic) bond motifs is 12. The fraction of sp³-hybridized carbons (Fsp3) is 0.0179. The van der Waals surface area contributed by atoms with Crippen molar-refractivity contribution in [1.29, 1.82) is 0 Å². The minimum atomic E-state index is 1.15. The molecule has 272 valence electrons. The first kappa shape index (κ1) is 33.7. The van der Waals surface area contributed by atoms with Gasteiger partial charge in [0.2, 0.25) is 0 Å². The lowest BCUT2D eigenvalue weighted by molar-refractivity contribution is 1.11. The number of rotatable bonds is 3. The Kier molecular flexibility index (Phi) is 8.03. The molecule has 1 aliphatic rings. The number of hydrogen-bond acceptors (Lipinski definition) is 0. The molecule has 2 aromatic heterocycles. The Labute approximate surface area is 336 Å². The molecular weight excluding hydrogens is 701 g/mol. The summed E-state index contributed by atoms with van der Waals surface area (Å²) in [4.78, 5) is 3.58. The number of aromatic amines is 1. The Hall–Kier alpha value is -7.64. The Morgan fingerprint density at radius 1 is 0.431 bits per heavy atom. The van der Waals surface area contributed by atoms with Crippen LogP contribution < -0.4 is 0 Å². The van der Waals surface area contributed by atoms with Crippen molar-refractivity contribution in [3.05, 3.63) is 217 Å². The Balaban J connectivity index is 0.000000502. The van der Waals surface area contributed by atoms with Gasteiger partial charge in [0.25, 0.3) is 0 Å². The van der Waals surface area contributed by atoms with Gasteiger partial charge in [-0.15, -0.1) is 5.73 Å². The molecule has 0 fully saturated rings. The Morgan fingerprint density at radius 3 is 1.64 bits per heavy atom. The highest BCUT2D eigenvalue weighted by molar-refractivity contribution is 6.26. The second-order valence-corrected chi connectivity index (χ2v) is 15.2. The zero-order valence-electron chi connectivity index (χ0n) is 32.1. The van der Waals surface area contributed by atoms with Gasteiger partial charge >= 0.3 is 0 Å². The van der Waals surface area contributed by atoms with Gasteiger partial charge in [-0.05, 0) is 134 Å². The minimum absolute atomic E-state index is 1.15. The van der Waals surface area contributed by atoms with Crippen LogP contribution >= 0.6 is 0 Å². The maximum absolute atomic E-state index is 3.58. The molecule has 2 nitrogen and oxygen atoms in total. The van der Waals surface area contributed by atoms with E-state index in [1.807, 2.05) is 24.3 Å². The number of nitrogens with one attached hydrogen (secondary N) is 1. The maximum atomic E-state index is 3.58. The molecule has 1 N–H and O–H groups in total. The lowest BCUT2D eigenvalue weighted by atomic mass is 9.90. The van der Waals surface area contributed by atoms with Gasteiger partial charge in [0.15, 0.2) is 0 Å². The van der Waals surface area contributed by atoms with Crippen molar-refractivity contribution in [2.24, 2.45) is 0 Å². The number of aryl methyl sites for hydroxylation is 1. The molecular formula is C56H38N2. The molecule has 0 amide bonds. The standard InChI is InChI=1S/C49H30N2.C7H8/c1-3-11-35(12-4-1)51-48-18-6-2-5-16-41(48)45-30-34(22-26-49(45)51)32-20-24-39-42(27-32)37-14-8-7-13-36(37)38-23-19-31(28-43(38)39)33-21-25-47-44(29-33)40-15-9-10-17-46(40)50-47;1-7-5-3-2-4-6-7/h1-4,6-30,50H;2-6H,1H3. The molecule has 2 heterocycles. The van der Waals surface area contributed by atoms with Gasteiger partial charge in [0.05, 0.1) is 11.2 Å². The van der Waals surface area contributed by atoms with Crippen LogP contribution in [0, 0.1) is 6.92 Å². The first-order chi connectivity index (χ1) is 28.7. The molecule has 0 aliphatic heterocycles. The van der Waals surface area contributed by atoms with Crippen molar-refractivity contribution in [1.82, 2.24) is 9.55 Å². The van der Waals surface area contributed by atoms with Crippen molar-refractivity contribution in [2.75, 3.05) is 0 Å². The highest BCUT2D eigenvalue weighted by Crippen LogP contribution is 2.41. The lowest BCUT2D eigenvalue weighted by Crippen LogP contribution is -1.96. The molecule has 0 atom stereocenters. The van der Waals surface area contributed by atoms with Crippen LogP contribution in [0.2, 0.25) is 0 Å². The molecule has 0 bridgehead atoms. The summed E-state index contributed by atoms with van der Waals surface area (Å²) in [7, 11) is 0. The predicted octanol–water partition coefficient (Wildman–Crippen LogP) is 15.2. The van der Waals surface area contributed by atoms with E-state index in [0.717, 1.165) is 5.69 Å². The zero-order chi connectivity index (χ0) is 38.6. The molecule has 0 spiro atoms. The summed E-state index contributed by atoms with van der Waals surface area (Å²) in [6.07, 6.45) is 8.37. The number of allylic oxidation sites excluding steroid dienone is 2. The Morgan fingerprint density at radius 2 is 0.948 bits per heavy atom. The predicted molar refractivity (Wildman–Crippen MR) is 249 cm³/mol. The largest absolute Gasteiger partial charge is 0.355 e. The van der Waals surface area contributed by atoms with Crippen LogP contribution in [0.15, 0.2) is 200 Å². The van der Waals surface area contributed by atoms with E-state index in [2.05, 4.69) is 204 Å². The number of aromatic nitrogens is 2. The molecule has 0 saturated carbocycles. The van der Waals surface area contributed by atoms with E-state index in [4.69, 9.17) is 0 Å². The molecule has 2 heteroatoms. The van der Waals surface area contributed by atoms with E-state index in [1.165, 1.54) is 104 Å². The average molecular weight is 739 g/mol. The van der Waals surface area contributed by atoms with E-state index >= 15 is 0 Å². The van der Waals surface area contributed by atoms with Crippen LogP contribution in [0.1, 0.15) is 16.8 Å². The van der Waals surface area contributed by atoms with Crippen molar-refractivity contribution in [3.8, 4) is 27.9 Å². The van der Waals surface area contributed by atoms with Gasteiger partial charge in [0.1, 0.15) is 0 Å². The smallest absolute Gasteiger partial charge is 0.0547 e. The van der Waals surface area contributed by atoms with E-state index in [0.29, 0.717) is 0 Å². The number of benzene rings is 9. The zero-order valence-corrected chi connectivity index (χ0v) is 32.1. The summed E-state index contributed by atoms with van der Waals surface area (Å²) >= 11 is 0. The first-order valence-electron chi connectivity index (χ1n) is 19.9. The van der Waals surface area contributed by atoms with Crippen molar-refractivity contribution in [3.63, 3.8) is 0 Å². The average Bonchev–Trinajstić information content (AvgIpc) is 3.70. The van der Waals surface area contributed by atoms with Gasteiger partial charge in [0, 0.05) is 38.4 Å². The normalized spacial score (nSPS) is 12.1. The highest BCUT2D eigenvalue weighted by Gasteiger charge is 2.18. The topological polar surface area (TPSA) is 20.7 Å². The monoisotopic (exact) mass is 738 g/mol. The molecule has 9 aromatic carbocycles. The van der Waals surface area contributed by atoms with E-state index in [-0.39, 0.29) is 0 Å². The molecule has 0 radical (unpaired) electrons. The van der Waals surface area contributed by atoms with Crippen LogP contribution in [0.4, 0.5) is 0 Å². The quantitative estimate of drug-likeness (QED) is 0.138. The number of hydrogen-bond donors (Lipinski definition) is 1. The molecule has 12 rings (SSSR count). The lowest BCUT2D eigenvalue weighted by Gasteiger charge is -2.14. The van der Waals surface area contributed by atoms with Crippen molar-refractivity contribution >= 4 is 77.2 Å². The summed E-state index contributed by atoms with van der Waals surface area (Å²) in [5.74, 6) is 0. The summed E-state index contributed by atoms with van der Waals surface area (Å²) in [6.45, 7) is 2.08. The van der Waals surface area contributed by atoms with Gasteiger partial charge < -0.3 is 9.55 Å². The third-order valence-corrected chi connectivity index (χ3v) is 11.7. The van der Waals surface area contributed by atoms with Gasteiger partial charge in [-0.1, -0.05) is 139 Å². The van der Waals surface area contributed by atoms with Gasteiger partial charge in [-0.2, -0.15) is 0 Å². The molecule has 1 aliphatic carbocycles. The fourth-order valence-electron chi connectivity index (χ4n) is 8.89. The van der Waals surface area contributed by atoms with Crippen LogP contribution in [0.25, 0.3) is 105 Å². The van der Waals surface area contributed by atoms with Crippen molar-refractivity contribution < 1.29 is 0 Å². The third-order valence-electron chi connectivity index (χ3n) is 11.7. The molecule has 11 aromatic rings. The van der Waals surface area contributed by atoms with E-state index < -0.39 is 0 Å². The second-order valence-electron chi connectivity index (χ2n) is 15.2. The summed E-state index contributed by atoms with van der Waals surface area (Å²) in [5, 5.41) is 11.4. The summed E-state index contributed by atoms with van der Waals surface area (Å²) in [5.41, 5.74) is 16.6. The Bertz CT molecular complexity index is 3480. The number of nitrogens with zero attached hydrogens (tertiary/aromatic N) is 1. The van der Waals surface area contributed by atoms with Crippen LogP contribution in [0.5, 0.6) is 0 Å². The minimum Gasteiger partial charge on any atom is -0.355 e. The highest BCUT2D eigenvalue weighted by atomic mass is 15.0. The number of H-pyrrole nitrogens is 1.